The molecule has 0 aromatic heterocycles. The van der Waals surface area contributed by atoms with Crippen molar-refractivity contribution < 1.29 is 9.47 Å². The van der Waals surface area contributed by atoms with Gasteiger partial charge in [0.05, 0.1) is 4.47 Å². The van der Waals surface area contributed by atoms with Crippen LogP contribution in [0, 0.1) is 6.57 Å². The van der Waals surface area contributed by atoms with Gasteiger partial charge < -0.3 is 14.3 Å². The summed E-state index contributed by atoms with van der Waals surface area (Å²) >= 11 is 3.44. The van der Waals surface area contributed by atoms with E-state index in [4.69, 9.17) is 16.0 Å². The van der Waals surface area contributed by atoms with Crippen molar-refractivity contribution in [3.8, 4) is 11.5 Å². The molecule has 1 aliphatic heterocycles. The van der Waals surface area contributed by atoms with Gasteiger partial charge in [0, 0.05) is 6.42 Å². The fourth-order valence-electron chi connectivity index (χ4n) is 1.49. The van der Waals surface area contributed by atoms with Crippen molar-refractivity contribution >= 4 is 15.9 Å². The lowest BCUT2D eigenvalue weighted by Crippen LogP contribution is -2.16. The number of ether oxygens (including phenoxy) is 2. The number of hydrogen-bond donors (Lipinski definition) is 0. The number of halogens is 1. The van der Waals surface area contributed by atoms with Crippen LogP contribution in [0.5, 0.6) is 11.5 Å². The van der Waals surface area contributed by atoms with Crippen LogP contribution in [0.2, 0.25) is 0 Å². The first-order valence-electron chi connectivity index (χ1n) is 4.72. The Morgan fingerprint density at radius 3 is 2.93 bits per heavy atom. The molecule has 0 unspecified atom stereocenters. The molecule has 15 heavy (non-hydrogen) atoms. The molecule has 1 aromatic carbocycles. The van der Waals surface area contributed by atoms with Gasteiger partial charge in [-0.05, 0) is 33.6 Å². The number of fused-ring (bicyclic) bond motifs is 1. The third-order valence-corrected chi connectivity index (χ3v) is 2.76. The molecule has 2 rings (SSSR count). The Balaban J connectivity index is 2.29. The molecule has 0 saturated carbocycles. The molecule has 0 fully saturated rings. The smallest absolute Gasteiger partial charge is 0.218 e. The summed E-state index contributed by atoms with van der Waals surface area (Å²) in [6.07, 6.45) is 0.749. The van der Waals surface area contributed by atoms with Crippen molar-refractivity contribution in [3.63, 3.8) is 0 Å². The summed E-state index contributed by atoms with van der Waals surface area (Å²) in [5, 5.41) is 0. The zero-order valence-corrected chi connectivity index (χ0v) is 9.71. The second-order valence-corrected chi connectivity index (χ2v) is 4.09. The highest BCUT2D eigenvalue weighted by atomic mass is 79.9. The first-order valence-corrected chi connectivity index (χ1v) is 5.52. The molecular weight excluding hydrogens is 258 g/mol. The maximum Gasteiger partial charge on any atom is 0.218 e. The lowest BCUT2D eigenvalue weighted by molar-refractivity contribution is 0.170. The number of rotatable bonds is 2. The van der Waals surface area contributed by atoms with E-state index in [1.54, 1.807) is 0 Å². The summed E-state index contributed by atoms with van der Waals surface area (Å²) in [5.74, 6) is 1.54. The fourth-order valence-corrected chi connectivity index (χ4v) is 2.10. The van der Waals surface area contributed by atoms with E-state index in [0.717, 1.165) is 28.0 Å². The predicted molar refractivity (Wildman–Crippen MR) is 60.3 cm³/mol. The zero-order valence-electron chi connectivity index (χ0n) is 8.12. The minimum atomic E-state index is 0.506. The van der Waals surface area contributed by atoms with Crippen LogP contribution < -0.4 is 9.47 Å². The van der Waals surface area contributed by atoms with Crippen LogP contribution in [0.4, 0.5) is 0 Å². The highest BCUT2D eigenvalue weighted by molar-refractivity contribution is 9.10. The zero-order chi connectivity index (χ0) is 10.7. The van der Waals surface area contributed by atoms with Crippen molar-refractivity contribution in [1.82, 2.24) is 0 Å². The van der Waals surface area contributed by atoms with Crippen molar-refractivity contribution in [1.29, 1.82) is 0 Å². The number of hydrogen-bond acceptors (Lipinski definition) is 2. The van der Waals surface area contributed by atoms with Crippen LogP contribution in [-0.2, 0) is 6.42 Å². The van der Waals surface area contributed by atoms with Crippen molar-refractivity contribution in [2.75, 3.05) is 19.8 Å². The molecule has 78 valence electrons. The summed E-state index contributed by atoms with van der Waals surface area (Å²) in [5.41, 5.74) is 1.10. The standard InChI is InChI=1S/C11H10BrNO2/c1-13-3-2-8-6-9(12)11-10(7-8)14-4-5-15-11/h6-7H,2-5H2. The molecule has 0 amide bonds. The summed E-state index contributed by atoms with van der Waals surface area (Å²) in [6, 6.07) is 3.93. The molecule has 0 spiro atoms. The van der Waals surface area contributed by atoms with Gasteiger partial charge in [0.15, 0.2) is 11.5 Å². The van der Waals surface area contributed by atoms with Crippen LogP contribution >= 0.6 is 15.9 Å². The van der Waals surface area contributed by atoms with Crippen molar-refractivity contribution in [3.05, 3.63) is 33.6 Å². The van der Waals surface area contributed by atoms with Gasteiger partial charge in [0.25, 0.3) is 0 Å². The molecule has 1 heterocycles. The van der Waals surface area contributed by atoms with Crippen molar-refractivity contribution in [2.24, 2.45) is 0 Å². The Bertz CT molecular complexity index is 412. The van der Waals surface area contributed by atoms with Crippen LogP contribution in [0.1, 0.15) is 5.56 Å². The summed E-state index contributed by atoms with van der Waals surface area (Å²) in [6.45, 7) is 8.44. The average Bonchev–Trinajstić information content (AvgIpc) is 2.26. The third-order valence-electron chi connectivity index (χ3n) is 2.17. The molecule has 0 atom stereocenters. The maximum absolute atomic E-state index is 6.75. The Kier molecular flexibility index (Phi) is 3.12. The normalized spacial score (nSPS) is 13.3. The summed E-state index contributed by atoms with van der Waals surface area (Å²) < 4.78 is 11.9. The molecular formula is C11H10BrNO2. The largest absolute Gasteiger partial charge is 0.486 e. The van der Waals surface area contributed by atoms with Gasteiger partial charge in [0.1, 0.15) is 13.2 Å². The van der Waals surface area contributed by atoms with E-state index in [2.05, 4.69) is 20.8 Å². The first-order chi connectivity index (χ1) is 7.31. The Labute approximate surface area is 96.9 Å². The second-order valence-electron chi connectivity index (χ2n) is 3.23. The van der Waals surface area contributed by atoms with Gasteiger partial charge in [-0.1, -0.05) is 0 Å². The highest BCUT2D eigenvalue weighted by Gasteiger charge is 2.16. The van der Waals surface area contributed by atoms with Crippen LogP contribution in [0.25, 0.3) is 4.85 Å². The lowest BCUT2D eigenvalue weighted by Gasteiger charge is -2.20. The van der Waals surface area contributed by atoms with Crippen LogP contribution in [-0.4, -0.2) is 19.8 Å². The van der Waals surface area contributed by atoms with Gasteiger partial charge in [0.2, 0.25) is 6.54 Å². The van der Waals surface area contributed by atoms with Gasteiger partial charge >= 0.3 is 0 Å². The SMILES string of the molecule is [C-]#[N+]CCc1cc(Br)c2c(c1)OCCO2. The Morgan fingerprint density at radius 1 is 1.33 bits per heavy atom. The molecule has 4 heteroatoms. The maximum atomic E-state index is 6.75. The molecule has 3 nitrogen and oxygen atoms in total. The Hall–Kier alpha value is -1.21. The molecule has 1 aliphatic rings. The van der Waals surface area contributed by atoms with E-state index in [1.165, 1.54) is 0 Å². The van der Waals surface area contributed by atoms with E-state index >= 15 is 0 Å². The van der Waals surface area contributed by atoms with Crippen LogP contribution in [0.15, 0.2) is 16.6 Å². The van der Waals surface area contributed by atoms with E-state index in [-0.39, 0.29) is 0 Å². The van der Waals surface area contributed by atoms with Gasteiger partial charge in [-0.25, -0.2) is 6.57 Å². The topological polar surface area (TPSA) is 22.8 Å². The lowest BCUT2D eigenvalue weighted by atomic mass is 10.1. The van der Waals surface area contributed by atoms with E-state index in [9.17, 15) is 0 Å². The monoisotopic (exact) mass is 267 g/mol. The third kappa shape index (κ3) is 2.24. The summed E-state index contributed by atoms with van der Waals surface area (Å²) in [7, 11) is 0. The minimum absolute atomic E-state index is 0.506. The molecule has 0 bridgehead atoms. The highest BCUT2D eigenvalue weighted by Crippen LogP contribution is 2.38. The predicted octanol–water partition coefficient (Wildman–Crippen LogP) is 2.68. The molecule has 0 saturated heterocycles. The molecule has 0 N–H and O–H groups in total. The molecule has 1 aromatic rings. The second kappa shape index (κ2) is 4.54. The molecule has 0 aliphatic carbocycles. The van der Waals surface area contributed by atoms with Gasteiger partial charge in [-0.3, -0.25) is 0 Å². The Morgan fingerprint density at radius 2 is 2.13 bits per heavy atom. The van der Waals surface area contributed by atoms with E-state index in [0.29, 0.717) is 19.8 Å². The van der Waals surface area contributed by atoms with E-state index < -0.39 is 0 Å². The fraction of sp³-hybridized carbons (Fsp3) is 0.364. The van der Waals surface area contributed by atoms with E-state index in [1.807, 2.05) is 12.1 Å². The number of nitrogens with zero attached hydrogens (tertiary/aromatic N) is 1. The first kappa shape index (κ1) is 10.3. The van der Waals surface area contributed by atoms with Gasteiger partial charge in [-0.2, -0.15) is 0 Å². The average molecular weight is 268 g/mol. The van der Waals surface area contributed by atoms with Crippen molar-refractivity contribution in [2.45, 2.75) is 6.42 Å². The quantitative estimate of drug-likeness (QED) is 0.769. The summed E-state index contributed by atoms with van der Waals surface area (Å²) in [4.78, 5) is 3.34. The van der Waals surface area contributed by atoms with Gasteiger partial charge in [-0.15, -0.1) is 0 Å². The number of benzene rings is 1. The minimum Gasteiger partial charge on any atom is -0.486 e. The van der Waals surface area contributed by atoms with Crippen LogP contribution in [0.3, 0.4) is 0 Å². The molecule has 0 radical (unpaired) electrons.